The Morgan fingerprint density at radius 1 is 0.604 bits per heavy atom. The van der Waals surface area contributed by atoms with Crippen molar-refractivity contribution in [2.75, 3.05) is 0 Å². The molecule has 0 fully saturated rings. The van der Waals surface area contributed by atoms with Crippen LogP contribution in [-0.2, 0) is 0 Å². The number of hydrogen-bond donors (Lipinski definition) is 3. The van der Waals surface area contributed by atoms with Gasteiger partial charge in [0.2, 0.25) is 0 Å². The first-order valence-corrected chi connectivity index (χ1v) is 16.3. The molecule has 0 spiro atoms. The lowest BCUT2D eigenvalue weighted by Crippen LogP contribution is -2.49. The van der Waals surface area contributed by atoms with Gasteiger partial charge in [0.05, 0.1) is 0 Å². The Bertz CT molecular complexity index is 2580. The summed E-state index contributed by atoms with van der Waals surface area (Å²) in [7, 11) is 0. The molecular weight excluding hydrogens is 592 g/mol. The number of aliphatic imine (C=N–C) groups is 1. The Labute approximate surface area is 276 Å². The van der Waals surface area contributed by atoms with Gasteiger partial charge in [0.15, 0.2) is 0 Å². The quantitative estimate of drug-likeness (QED) is 0.182. The zero-order chi connectivity index (χ0) is 31.6. The van der Waals surface area contributed by atoms with Crippen LogP contribution in [0.3, 0.4) is 0 Å². The van der Waals surface area contributed by atoms with E-state index in [0.717, 1.165) is 61.2 Å². The van der Waals surface area contributed by atoms with Gasteiger partial charge in [0.1, 0.15) is 46.7 Å². The van der Waals surface area contributed by atoms with E-state index in [1.165, 1.54) is 21.9 Å². The molecule has 2 aliphatic rings. The van der Waals surface area contributed by atoms with Crippen LogP contribution in [0.25, 0.3) is 60.9 Å². The van der Waals surface area contributed by atoms with Crippen LogP contribution in [0.4, 0.5) is 0 Å². The van der Waals surface area contributed by atoms with E-state index in [1.54, 1.807) is 0 Å². The Balaban J connectivity index is 1.09. The summed E-state index contributed by atoms with van der Waals surface area (Å²) in [4.78, 5) is 5.34. The predicted octanol–water partition coefficient (Wildman–Crippen LogP) is 9.76. The number of rotatable bonds is 4. The van der Waals surface area contributed by atoms with Gasteiger partial charge in [-0.25, -0.2) is 4.99 Å². The minimum absolute atomic E-state index is 0.224. The monoisotopic (exact) mass is 622 g/mol. The Hall–Kier alpha value is -6.11. The fourth-order valence-electron chi connectivity index (χ4n) is 7.35. The van der Waals surface area contributed by atoms with Crippen molar-refractivity contribution in [1.29, 1.82) is 0 Å². The van der Waals surface area contributed by atoms with Crippen molar-refractivity contribution in [2.24, 2.45) is 4.99 Å². The largest absolute Gasteiger partial charge is 0.456 e. The first kappa shape index (κ1) is 27.0. The highest BCUT2D eigenvalue weighted by Crippen LogP contribution is 2.39. The SMILES string of the molecule is C1=Cc2oc3ccccc3c2C(C2=NC(c3ccc(-c4ccc5ccccc5c4)cc3)NC(c3cccc4oc5ccccc5c34)N2)N1. The molecule has 6 aromatic carbocycles. The molecule has 3 unspecified atom stereocenters. The van der Waals surface area contributed by atoms with Crippen molar-refractivity contribution in [2.45, 2.75) is 18.4 Å². The molecule has 0 amide bonds. The van der Waals surface area contributed by atoms with Crippen LogP contribution < -0.4 is 16.0 Å². The molecule has 0 saturated carbocycles. The number of hydrogen-bond acceptors (Lipinski definition) is 6. The van der Waals surface area contributed by atoms with Crippen LogP contribution >= 0.6 is 0 Å². The zero-order valence-electron chi connectivity index (χ0n) is 25.9. The van der Waals surface area contributed by atoms with Gasteiger partial charge < -0.3 is 19.5 Å². The summed E-state index contributed by atoms with van der Waals surface area (Å²) in [6.07, 6.45) is 3.39. The van der Waals surface area contributed by atoms with Gasteiger partial charge in [-0.3, -0.25) is 5.32 Å². The number of nitrogens with one attached hydrogen (secondary N) is 3. The second kappa shape index (κ2) is 10.7. The first-order chi connectivity index (χ1) is 23.8. The highest BCUT2D eigenvalue weighted by Gasteiger charge is 2.34. The summed E-state index contributed by atoms with van der Waals surface area (Å²) < 4.78 is 12.6. The van der Waals surface area contributed by atoms with E-state index >= 15 is 0 Å². The van der Waals surface area contributed by atoms with Crippen molar-refractivity contribution in [3.63, 3.8) is 0 Å². The van der Waals surface area contributed by atoms with E-state index in [0.29, 0.717) is 0 Å². The second-order valence-corrected chi connectivity index (χ2v) is 12.5. The van der Waals surface area contributed by atoms with Gasteiger partial charge in [-0.1, -0.05) is 109 Å². The van der Waals surface area contributed by atoms with Gasteiger partial charge in [0.25, 0.3) is 0 Å². The molecule has 6 nitrogen and oxygen atoms in total. The number of para-hydroxylation sites is 2. The van der Waals surface area contributed by atoms with Crippen LogP contribution in [0.2, 0.25) is 0 Å². The molecule has 2 aliphatic heterocycles. The van der Waals surface area contributed by atoms with Crippen LogP contribution in [0.1, 0.15) is 40.8 Å². The molecule has 230 valence electrons. The van der Waals surface area contributed by atoms with Crippen molar-refractivity contribution in [1.82, 2.24) is 16.0 Å². The van der Waals surface area contributed by atoms with Gasteiger partial charge in [-0.15, -0.1) is 0 Å². The molecule has 0 radical (unpaired) electrons. The topological polar surface area (TPSA) is 74.7 Å². The maximum Gasteiger partial charge on any atom is 0.135 e. The van der Waals surface area contributed by atoms with Crippen molar-refractivity contribution < 1.29 is 8.83 Å². The van der Waals surface area contributed by atoms with Crippen molar-refractivity contribution in [3.8, 4) is 11.1 Å². The maximum absolute atomic E-state index is 6.29. The summed E-state index contributed by atoms with van der Waals surface area (Å²) in [6, 6.07) is 46.3. The normalized spacial score (nSPS) is 18.9. The molecule has 48 heavy (non-hydrogen) atoms. The number of benzene rings is 6. The molecule has 8 aromatic rings. The molecule has 10 rings (SSSR count). The third-order valence-electron chi connectivity index (χ3n) is 9.66. The molecule has 3 N–H and O–H groups in total. The molecular formula is C42H30N4O2. The van der Waals surface area contributed by atoms with Crippen LogP contribution in [0.15, 0.2) is 153 Å². The summed E-state index contributed by atoms with van der Waals surface area (Å²) in [6.45, 7) is 0. The number of nitrogens with zero attached hydrogens (tertiary/aromatic N) is 1. The smallest absolute Gasteiger partial charge is 0.135 e. The Kier molecular flexibility index (Phi) is 6.04. The fourth-order valence-corrected chi connectivity index (χ4v) is 7.35. The lowest BCUT2D eigenvalue weighted by molar-refractivity contribution is 0.400. The van der Waals surface area contributed by atoms with E-state index in [4.69, 9.17) is 13.8 Å². The first-order valence-electron chi connectivity index (χ1n) is 16.3. The number of amidine groups is 1. The van der Waals surface area contributed by atoms with E-state index in [2.05, 4.69) is 119 Å². The van der Waals surface area contributed by atoms with Gasteiger partial charge in [-0.05, 0) is 57.8 Å². The van der Waals surface area contributed by atoms with E-state index in [-0.39, 0.29) is 18.4 Å². The summed E-state index contributed by atoms with van der Waals surface area (Å²) in [5.41, 5.74) is 8.22. The molecule has 2 aromatic heterocycles. The van der Waals surface area contributed by atoms with Crippen LogP contribution in [-0.4, -0.2) is 5.84 Å². The van der Waals surface area contributed by atoms with E-state index in [9.17, 15) is 0 Å². The molecule has 6 heteroatoms. The molecule has 0 saturated heterocycles. The fraction of sp³-hybridized carbons (Fsp3) is 0.0714. The van der Waals surface area contributed by atoms with E-state index < -0.39 is 0 Å². The van der Waals surface area contributed by atoms with Gasteiger partial charge in [0, 0.05) is 33.5 Å². The maximum atomic E-state index is 6.29. The summed E-state index contributed by atoms with van der Waals surface area (Å²) >= 11 is 0. The highest BCUT2D eigenvalue weighted by molar-refractivity contribution is 6.07. The predicted molar refractivity (Wildman–Crippen MR) is 193 cm³/mol. The number of furan rings is 2. The third kappa shape index (κ3) is 4.34. The lowest BCUT2D eigenvalue weighted by Gasteiger charge is -2.35. The zero-order valence-corrected chi connectivity index (χ0v) is 25.9. The minimum Gasteiger partial charge on any atom is -0.456 e. The molecule has 0 bridgehead atoms. The van der Waals surface area contributed by atoms with E-state index in [1.807, 2.05) is 42.6 Å². The van der Waals surface area contributed by atoms with Gasteiger partial charge in [-0.2, -0.15) is 0 Å². The second-order valence-electron chi connectivity index (χ2n) is 12.5. The summed E-state index contributed by atoms with van der Waals surface area (Å²) in [5, 5.41) is 17.0. The van der Waals surface area contributed by atoms with Crippen molar-refractivity contribution in [3.05, 3.63) is 162 Å². The van der Waals surface area contributed by atoms with Crippen molar-refractivity contribution >= 4 is 55.6 Å². The third-order valence-corrected chi connectivity index (χ3v) is 9.66. The molecule has 0 aliphatic carbocycles. The highest BCUT2D eigenvalue weighted by atomic mass is 16.3. The summed E-state index contributed by atoms with van der Waals surface area (Å²) in [5.74, 6) is 1.68. The standard InChI is InChI=1S/C42H30N4O2/c1-2-9-28-24-29(21-18-25(28)8-1)26-16-19-27(20-17-26)40-44-41(32-12-7-15-35-37(32)30-10-3-5-13-33(30)47-35)46-42(45-40)39-38-31-11-4-6-14-34(31)48-36(38)22-23-43-39/h1-24,39-41,43-44H,(H,45,46). The Morgan fingerprint density at radius 2 is 1.33 bits per heavy atom. The molecule has 3 atom stereocenters. The average molecular weight is 623 g/mol. The Morgan fingerprint density at radius 3 is 2.21 bits per heavy atom. The minimum atomic E-state index is -0.306. The van der Waals surface area contributed by atoms with Crippen LogP contribution in [0.5, 0.6) is 0 Å². The lowest BCUT2D eigenvalue weighted by atomic mass is 9.96. The molecule has 4 heterocycles. The average Bonchev–Trinajstić information content (AvgIpc) is 3.73. The number of fused-ring (bicyclic) bond motifs is 7. The van der Waals surface area contributed by atoms with Crippen LogP contribution in [0, 0.1) is 0 Å². The van der Waals surface area contributed by atoms with Gasteiger partial charge >= 0.3 is 0 Å².